The van der Waals surface area contributed by atoms with Gasteiger partial charge in [0.15, 0.2) is 9.84 Å². The van der Waals surface area contributed by atoms with Crippen molar-refractivity contribution in [3.05, 3.63) is 35.6 Å². The van der Waals surface area contributed by atoms with Crippen LogP contribution in [-0.4, -0.2) is 31.9 Å². The first-order valence-corrected chi connectivity index (χ1v) is 8.22. The van der Waals surface area contributed by atoms with Gasteiger partial charge in [0.25, 0.3) is 0 Å². The standard InChI is InChI=1S/C14H20FNO3S/c1-14(2,20(3,18)19)10-16-13(17)8-7-11-5-4-6-12(15)9-11/h4-6,9H,7-8,10H2,1-3H3,(H,16,17). The zero-order chi connectivity index (χ0) is 15.4. The zero-order valence-corrected chi connectivity index (χ0v) is 12.8. The molecule has 0 saturated heterocycles. The summed E-state index contributed by atoms with van der Waals surface area (Å²) >= 11 is 0. The Balaban J connectivity index is 2.46. The molecule has 6 heteroatoms. The highest BCUT2D eigenvalue weighted by Crippen LogP contribution is 2.13. The average Bonchev–Trinajstić information content (AvgIpc) is 2.33. The maximum atomic E-state index is 13.0. The van der Waals surface area contributed by atoms with E-state index in [1.807, 2.05) is 0 Å². The van der Waals surface area contributed by atoms with Crippen LogP contribution in [0.15, 0.2) is 24.3 Å². The third-order valence-corrected chi connectivity index (χ3v) is 5.40. The molecule has 0 saturated carbocycles. The highest BCUT2D eigenvalue weighted by Gasteiger charge is 2.30. The maximum Gasteiger partial charge on any atom is 0.220 e. The van der Waals surface area contributed by atoms with Crippen LogP contribution in [0.5, 0.6) is 0 Å². The molecular formula is C14H20FNO3S. The van der Waals surface area contributed by atoms with Crippen molar-refractivity contribution in [2.75, 3.05) is 12.8 Å². The molecule has 112 valence electrons. The van der Waals surface area contributed by atoms with Crippen molar-refractivity contribution in [3.8, 4) is 0 Å². The number of amides is 1. The number of hydrogen-bond donors (Lipinski definition) is 1. The van der Waals surface area contributed by atoms with E-state index in [9.17, 15) is 17.6 Å². The van der Waals surface area contributed by atoms with Gasteiger partial charge >= 0.3 is 0 Å². The van der Waals surface area contributed by atoms with Crippen LogP contribution in [0.25, 0.3) is 0 Å². The predicted octanol–water partition coefficient (Wildman–Crippen LogP) is 1.70. The molecule has 0 atom stereocenters. The van der Waals surface area contributed by atoms with Gasteiger partial charge in [-0.05, 0) is 38.0 Å². The molecule has 0 heterocycles. The molecule has 0 aliphatic carbocycles. The SMILES string of the molecule is CC(C)(CNC(=O)CCc1cccc(F)c1)S(C)(=O)=O. The fourth-order valence-electron chi connectivity index (χ4n) is 1.48. The number of aryl methyl sites for hydroxylation is 1. The van der Waals surface area contributed by atoms with Gasteiger partial charge < -0.3 is 5.32 Å². The van der Waals surface area contributed by atoms with E-state index in [1.165, 1.54) is 12.1 Å². The second-order valence-electron chi connectivity index (χ2n) is 5.44. The zero-order valence-electron chi connectivity index (χ0n) is 11.9. The number of sulfone groups is 1. The highest BCUT2D eigenvalue weighted by atomic mass is 32.2. The molecule has 0 bridgehead atoms. The Morgan fingerprint density at radius 1 is 1.35 bits per heavy atom. The van der Waals surface area contributed by atoms with Crippen molar-refractivity contribution >= 4 is 15.7 Å². The molecule has 0 radical (unpaired) electrons. The number of halogens is 1. The molecule has 0 spiro atoms. The minimum absolute atomic E-state index is 0.0633. The van der Waals surface area contributed by atoms with Gasteiger partial charge in [0, 0.05) is 19.2 Å². The van der Waals surface area contributed by atoms with Gasteiger partial charge in [0.1, 0.15) is 5.82 Å². The van der Waals surface area contributed by atoms with E-state index >= 15 is 0 Å². The summed E-state index contributed by atoms with van der Waals surface area (Å²) in [6.45, 7) is 3.19. The minimum Gasteiger partial charge on any atom is -0.355 e. The smallest absolute Gasteiger partial charge is 0.220 e. The third kappa shape index (κ3) is 4.92. The highest BCUT2D eigenvalue weighted by molar-refractivity contribution is 7.92. The Morgan fingerprint density at radius 3 is 2.55 bits per heavy atom. The maximum absolute atomic E-state index is 13.0. The lowest BCUT2D eigenvalue weighted by Gasteiger charge is -2.22. The van der Waals surface area contributed by atoms with Crippen LogP contribution in [0.2, 0.25) is 0 Å². The van der Waals surface area contributed by atoms with E-state index in [-0.39, 0.29) is 24.7 Å². The predicted molar refractivity (Wildman–Crippen MR) is 76.7 cm³/mol. The van der Waals surface area contributed by atoms with Crippen LogP contribution >= 0.6 is 0 Å². The number of nitrogens with one attached hydrogen (secondary N) is 1. The molecule has 20 heavy (non-hydrogen) atoms. The molecular weight excluding hydrogens is 281 g/mol. The van der Waals surface area contributed by atoms with E-state index in [0.717, 1.165) is 11.8 Å². The van der Waals surface area contributed by atoms with Gasteiger partial charge in [-0.25, -0.2) is 12.8 Å². The summed E-state index contributed by atoms with van der Waals surface area (Å²) in [5.41, 5.74) is 0.738. The topological polar surface area (TPSA) is 63.2 Å². The minimum atomic E-state index is -3.24. The quantitative estimate of drug-likeness (QED) is 0.870. The molecule has 0 unspecified atom stereocenters. The van der Waals surface area contributed by atoms with Crippen molar-refractivity contribution in [1.82, 2.24) is 5.32 Å². The lowest BCUT2D eigenvalue weighted by Crippen LogP contribution is -2.43. The van der Waals surface area contributed by atoms with E-state index in [2.05, 4.69) is 5.32 Å². The van der Waals surface area contributed by atoms with E-state index in [0.29, 0.717) is 6.42 Å². The molecule has 0 fully saturated rings. The van der Waals surface area contributed by atoms with E-state index < -0.39 is 14.6 Å². The van der Waals surface area contributed by atoms with Gasteiger partial charge in [-0.3, -0.25) is 4.79 Å². The van der Waals surface area contributed by atoms with Crippen LogP contribution in [0.1, 0.15) is 25.8 Å². The fraction of sp³-hybridized carbons (Fsp3) is 0.500. The molecule has 0 aliphatic heterocycles. The summed E-state index contributed by atoms with van der Waals surface area (Å²) in [4.78, 5) is 11.7. The second kappa shape index (κ2) is 6.35. The lowest BCUT2D eigenvalue weighted by atomic mass is 10.1. The summed E-state index contributed by atoms with van der Waals surface area (Å²) in [7, 11) is -3.24. The Hall–Kier alpha value is -1.43. The first-order valence-electron chi connectivity index (χ1n) is 6.32. The number of rotatable bonds is 6. The first kappa shape index (κ1) is 16.6. The van der Waals surface area contributed by atoms with Gasteiger partial charge in [-0.1, -0.05) is 12.1 Å². The number of benzene rings is 1. The van der Waals surface area contributed by atoms with Crippen LogP contribution in [0.3, 0.4) is 0 Å². The summed E-state index contributed by atoms with van der Waals surface area (Å²) in [5.74, 6) is -0.577. The van der Waals surface area contributed by atoms with Crippen LogP contribution in [0, 0.1) is 5.82 Å². The largest absolute Gasteiger partial charge is 0.355 e. The molecule has 0 aromatic heterocycles. The van der Waals surface area contributed by atoms with Gasteiger partial charge in [-0.2, -0.15) is 0 Å². The number of carbonyl (C=O) groups excluding carboxylic acids is 1. The van der Waals surface area contributed by atoms with Crippen LogP contribution < -0.4 is 5.32 Å². The van der Waals surface area contributed by atoms with E-state index in [4.69, 9.17) is 0 Å². The Kier molecular flexibility index (Phi) is 5.28. The van der Waals surface area contributed by atoms with Crippen molar-refractivity contribution in [2.24, 2.45) is 0 Å². The summed E-state index contributed by atoms with van der Waals surface area (Å²) in [5, 5.41) is 2.60. The summed E-state index contributed by atoms with van der Waals surface area (Å²) < 4.78 is 34.9. The van der Waals surface area contributed by atoms with Crippen LogP contribution in [0.4, 0.5) is 4.39 Å². The number of carbonyl (C=O) groups is 1. The van der Waals surface area contributed by atoms with Gasteiger partial charge in [0.05, 0.1) is 4.75 Å². The second-order valence-corrected chi connectivity index (χ2v) is 8.09. The first-order chi connectivity index (χ1) is 9.12. The van der Waals surface area contributed by atoms with Crippen molar-refractivity contribution in [2.45, 2.75) is 31.4 Å². The molecule has 1 aromatic carbocycles. The van der Waals surface area contributed by atoms with Gasteiger partial charge in [0.2, 0.25) is 5.91 Å². The Morgan fingerprint density at radius 2 is 2.00 bits per heavy atom. The average molecular weight is 301 g/mol. The van der Waals surface area contributed by atoms with Crippen molar-refractivity contribution in [3.63, 3.8) is 0 Å². The van der Waals surface area contributed by atoms with Crippen LogP contribution in [-0.2, 0) is 21.1 Å². The monoisotopic (exact) mass is 301 g/mol. The third-order valence-electron chi connectivity index (χ3n) is 3.24. The fourth-order valence-corrected chi connectivity index (χ4v) is 1.82. The summed E-state index contributed by atoms with van der Waals surface area (Å²) in [6, 6.07) is 6.07. The van der Waals surface area contributed by atoms with E-state index in [1.54, 1.807) is 26.0 Å². The molecule has 4 nitrogen and oxygen atoms in total. The molecule has 1 N–H and O–H groups in total. The Bertz CT molecular complexity index is 582. The summed E-state index contributed by atoms with van der Waals surface area (Å²) in [6.07, 6.45) is 1.76. The normalized spacial score (nSPS) is 12.2. The van der Waals surface area contributed by atoms with Crippen molar-refractivity contribution < 1.29 is 17.6 Å². The molecule has 0 aliphatic rings. The lowest BCUT2D eigenvalue weighted by molar-refractivity contribution is -0.121. The molecule has 1 aromatic rings. The van der Waals surface area contributed by atoms with Crippen molar-refractivity contribution in [1.29, 1.82) is 0 Å². The van der Waals surface area contributed by atoms with Gasteiger partial charge in [-0.15, -0.1) is 0 Å². The number of hydrogen-bond acceptors (Lipinski definition) is 3. The molecule has 1 amide bonds. The molecule has 1 rings (SSSR count). The Labute approximate surface area is 119 Å².